The van der Waals surface area contributed by atoms with Crippen molar-refractivity contribution in [2.75, 3.05) is 0 Å². The van der Waals surface area contributed by atoms with Crippen LogP contribution in [-0.2, 0) is 0 Å². The summed E-state index contributed by atoms with van der Waals surface area (Å²) in [7, 11) is 0. The van der Waals surface area contributed by atoms with Crippen molar-refractivity contribution in [3.63, 3.8) is 0 Å². The van der Waals surface area contributed by atoms with E-state index in [2.05, 4.69) is 37.6 Å². The largest absolute Gasteiger partial charge is 1.00 e. The van der Waals surface area contributed by atoms with Gasteiger partial charge in [-0.25, -0.2) is 0 Å². The Morgan fingerprint density at radius 2 is 1.80 bits per heavy atom. The maximum absolute atomic E-state index is 2.21. The molecular formula is C9H11Na. The fourth-order valence-corrected chi connectivity index (χ4v) is 0.825. The molecular weight excluding hydrogens is 131 g/mol. The van der Waals surface area contributed by atoms with Crippen LogP contribution in [0.4, 0.5) is 0 Å². The molecule has 0 aromatic heterocycles. The van der Waals surface area contributed by atoms with Gasteiger partial charge in [0.25, 0.3) is 0 Å². The molecule has 0 N–H and O–H groups in total. The van der Waals surface area contributed by atoms with Crippen LogP contribution >= 0.6 is 0 Å². The summed E-state index contributed by atoms with van der Waals surface area (Å²) in [5.41, 5.74) is 1.32. The first kappa shape index (κ1) is 10.1. The van der Waals surface area contributed by atoms with Crippen molar-refractivity contribution in [3.05, 3.63) is 42.3 Å². The zero-order valence-electron chi connectivity index (χ0n) is 6.67. The predicted octanol–water partition coefficient (Wildman–Crippen LogP) is -0.347. The minimum atomic E-state index is 0. The summed E-state index contributed by atoms with van der Waals surface area (Å²) < 4.78 is 0. The van der Waals surface area contributed by atoms with Crippen molar-refractivity contribution in [3.8, 4) is 0 Å². The Bertz CT molecular complexity index is 158. The van der Waals surface area contributed by atoms with Gasteiger partial charge in [0.15, 0.2) is 0 Å². The zero-order valence-corrected chi connectivity index (χ0v) is 8.67. The van der Waals surface area contributed by atoms with Crippen LogP contribution in [0.15, 0.2) is 30.3 Å². The molecule has 1 heteroatoms. The predicted molar refractivity (Wildman–Crippen MR) is 40.1 cm³/mol. The van der Waals surface area contributed by atoms with E-state index in [0.29, 0.717) is 0 Å². The number of rotatable bonds is 2. The van der Waals surface area contributed by atoms with E-state index < -0.39 is 0 Å². The van der Waals surface area contributed by atoms with Crippen LogP contribution in [0.1, 0.15) is 18.9 Å². The molecule has 0 bridgehead atoms. The van der Waals surface area contributed by atoms with E-state index >= 15 is 0 Å². The molecule has 0 atom stereocenters. The third kappa shape index (κ3) is 3.31. The third-order valence-electron chi connectivity index (χ3n) is 1.24. The maximum atomic E-state index is 2.21. The van der Waals surface area contributed by atoms with Gasteiger partial charge in [-0.2, -0.15) is 24.1 Å². The topological polar surface area (TPSA) is 0 Å². The molecule has 10 heavy (non-hydrogen) atoms. The van der Waals surface area contributed by atoms with Gasteiger partial charge in [0.2, 0.25) is 0 Å². The number of hydrogen-bond donors (Lipinski definition) is 0. The van der Waals surface area contributed by atoms with Crippen LogP contribution < -0.4 is 29.6 Å². The van der Waals surface area contributed by atoms with E-state index in [9.17, 15) is 0 Å². The van der Waals surface area contributed by atoms with Gasteiger partial charge in [0.1, 0.15) is 0 Å². The monoisotopic (exact) mass is 142 g/mol. The molecule has 48 valence electrons. The van der Waals surface area contributed by atoms with E-state index in [-0.39, 0.29) is 29.6 Å². The summed E-state index contributed by atoms with van der Waals surface area (Å²) in [5, 5.41) is 0. The quantitative estimate of drug-likeness (QED) is 0.391. The molecule has 0 aliphatic carbocycles. The van der Waals surface area contributed by atoms with Crippen LogP contribution in [0.5, 0.6) is 0 Å². The first-order valence-electron chi connectivity index (χ1n) is 3.31. The van der Waals surface area contributed by atoms with Crippen molar-refractivity contribution in [1.82, 2.24) is 0 Å². The molecule has 0 amide bonds. The van der Waals surface area contributed by atoms with Crippen molar-refractivity contribution in [2.24, 2.45) is 0 Å². The molecule has 0 spiro atoms. The Morgan fingerprint density at radius 3 is 2.30 bits per heavy atom. The zero-order chi connectivity index (χ0) is 6.53. The minimum absolute atomic E-state index is 0. The van der Waals surface area contributed by atoms with Crippen LogP contribution in [0.2, 0.25) is 0 Å². The minimum Gasteiger partial charge on any atom is -0.192 e. The SMILES string of the molecule is CC[CH-]c1ccccc1.[Na+]. The van der Waals surface area contributed by atoms with Gasteiger partial charge in [-0.1, -0.05) is 19.4 Å². The van der Waals surface area contributed by atoms with Crippen LogP contribution in [0.25, 0.3) is 0 Å². The average Bonchev–Trinajstić information content (AvgIpc) is 1.91. The summed E-state index contributed by atoms with van der Waals surface area (Å²) in [6.45, 7) is 2.15. The Kier molecular flexibility index (Phi) is 5.90. The molecule has 1 aromatic rings. The van der Waals surface area contributed by atoms with E-state index in [1.54, 1.807) is 0 Å². The van der Waals surface area contributed by atoms with E-state index in [1.165, 1.54) is 5.56 Å². The fourth-order valence-electron chi connectivity index (χ4n) is 0.825. The summed E-state index contributed by atoms with van der Waals surface area (Å²) in [6, 6.07) is 10.4. The third-order valence-corrected chi connectivity index (χ3v) is 1.24. The van der Waals surface area contributed by atoms with Gasteiger partial charge >= 0.3 is 29.6 Å². The second-order valence-electron chi connectivity index (χ2n) is 2.02. The first-order valence-corrected chi connectivity index (χ1v) is 3.31. The average molecular weight is 142 g/mol. The molecule has 0 saturated heterocycles. The number of benzene rings is 1. The van der Waals surface area contributed by atoms with E-state index in [0.717, 1.165) is 6.42 Å². The van der Waals surface area contributed by atoms with Gasteiger partial charge in [-0.3, -0.25) is 0 Å². The van der Waals surface area contributed by atoms with Gasteiger partial charge in [-0.05, 0) is 0 Å². The van der Waals surface area contributed by atoms with Gasteiger partial charge in [0.05, 0.1) is 0 Å². The normalized spacial score (nSPS) is 8.10. The van der Waals surface area contributed by atoms with Crippen LogP contribution in [0, 0.1) is 6.42 Å². The van der Waals surface area contributed by atoms with E-state index in [1.807, 2.05) is 6.07 Å². The molecule has 0 saturated carbocycles. The molecule has 1 rings (SSSR count). The standard InChI is InChI=1S/C9H11.Na/c1-2-6-9-7-4-3-5-8-9;/h3-8H,2H2,1H3;/q-1;+1. The molecule has 0 unspecified atom stereocenters. The molecule has 0 aliphatic heterocycles. The van der Waals surface area contributed by atoms with Crippen molar-refractivity contribution >= 4 is 0 Å². The summed E-state index contributed by atoms with van der Waals surface area (Å²) in [5.74, 6) is 0. The molecule has 0 radical (unpaired) electrons. The van der Waals surface area contributed by atoms with Crippen molar-refractivity contribution < 1.29 is 29.6 Å². The molecule has 0 aliphatic rings. The van der Waals surface area contributed by atoms with E-state index in [4.69, 9.17) is 0 Å². The van der Waals surface area contributed by atoms with Crippen LogP contribution in [0.3, 0.4) is 0 Å². The smallest absolute Gasteiger partial charge is 0.192 e. The number of hydrogen-bond acceptors (Lipinski definition) is 0. The maximum Gasteiger partial charge on any atom is 1.00 e. The molecule has 0 fully saturated rings. The van der Waals surface area contributed by atoms with Gasteiger partial charge in [-0.15, -0.1) is 12.1 Å². The fraction of sp³-hybridized carbons (Fsp3) is 0.222. The Hall–Kier alpha value is 0.0900. The van der Waals surface area contributed by atoms with Crippen molar-refractivity contribution in [1.29, 1.82) is 0 Å². The summed E-state index contributed by atoms with van der Waals surface area (Å²) in [6.07, 6.45) is 3.32. The summed E-state index contributed by atoms with van der Waals surface area (Å²) >= 11 is 0. The first-order chi connectivity index (χ1) is 4.43. The Morgan fingerprint density at radius 1 is 1.20 bits per heavy atom. The second kappa shape index (κ2) is 5.84. The van der Waals surface area contributed by atoms with Gasteiger partial charge < -0.3 is 0 Å². The van der Waals surface area contributed by atoms with Gasteiger partial charge in [0, 0.05) is 0 Å². The molecule has 0 heterocycles. The summed E-state index contributed by atoms with van der Waals surface area (Å²) in [4.78, 5) is 0. The van der Waals surface area contributed by atoms with Crippen LogP contribution in [-0.4, -0.2) is 0 Å². The Labute approximate surface area is 84.9 Å². The molecule has 0 nitrogen and oxygen atoms in total. The van der Waals surface area contributed by atoms with Crippen molar-refractivity contribution in [2.45, 2.75) is 13.3 Å². The second-order valence-corrected chi connectivity index (χ2v) is 2.02. The Balaban J connectivity index is 0.000000810. The molecule has 1 aromatic carbocycles.